The fourth-order valence-electron chi connectivity index (χ4n) is 0.288. The summed E-state index contributed by atoms with van der Waals surface area (Å²) in [5, 5.41) is 17.4. The molecule has 0 saturated carbocycles. The van der Waals surface area contributed by atoms with Crippen LogP contribution in [0.2, 0.25) is 0 Å². The number of aliphatic hydroxyl groups is 1. The first kappa shape index (κ1) is 8.13. The third-order valence-electron chi connectivity index (χ3n) is 0.734. The monoisotopic (exact) mass is 129 g/mol. The molecule has 4 nitrogen and oxygen atoms in total. The van der Waals surface area contributed by atoms with Gasteiger partial charge in [-0.15, -0.1) is 0 Å². The predicted molar refractivity (Wildman–Crippen MR) is 36.1 cm³/mol. The van der Waals surface area contributed by atoms with E-state index in [2.05, 4.69) is 5.32 Å². The maximum Gasteiger partial charge on any atom is 0.0830 e. The van der Waals surface area contributed by atoms with Gasteiger partial charge in [0.1, 0.15) is 0 Å². The molecule has 0 radical (unpaired) electrons. The molecule has 0 bridgehead atoms. The van der Waals surface area contributed by atoms with E-state index in [0.29, 0.717) is 0 Å². The standard InChI is InChI=1S/C5H11N3O/c6-4-8-2-1-5(7)3-9/h1-2,4-5,9H,3,7H2,(H2,6,8)/b2-1-. The van der Waals surface area contributed by atoms with Gasteiger partial charge in [-0.2, -0.15) is 0 Å². The van der Waals surface area contributed by atoms with Crippen LogP contribution in [0.25, 0.3) is 0 Å². The molecule has 0 rings (SSSR count). The van der Waals surface area contributed by atoms with Crippen molar-refractivity contribution in [3.63, 3.8) is 0 Å². The van der Waals surface area contributed by atoms with Crippen LogP contribution in [0.1, 0.15) is 0 Å². The molecule has 0 aliphatic rings. The molecule has 0 aliphatic heterocycles. The summed E-state index contributed by atoms with van der Waals surface area (Å²) in [5.74, 6) is 0. The van der Waals surface area contributed by atoms with Gasteiger partial charge in [-0.3, -0.25) is 5.41 Å². The van der Waals surface area contributed by atoms with E-state index in [1.165, 1.54) is 6.20 Å². The summed E-state index contributed by atoms with van der Waals surface area (Å²) in [5.41, 5.74) is 5.26. The molecule has 1 unspecified atom stereocenters. The van der Waals surface area contributed by atoms with Gasteiger partial charge in [-0.1, -0.05) is 0 Å². The van der Waals surface area contributed by atoms with Gasteiger partial charge in [-0.25, -0.2) is 0 Å². The van der Waals surface area contributed by atoms with Crippen LogP contribution in [0.4, 0.5) is 0 Å². The minimum absolute atomic E-state index is 0.0732. The highest BCUT2D eigenvalue weighted by molar-refractivity contribution is 5.51. The third-order valence-corrected chi connectivity index (χ3v) is 0.734. The maximum absolute atomic E-state index is 8.37. The number of hydrogen-bond acceptors (Lipinski definition) is 3. The Morgan fingerprint density at radius 2 is 2.44 bits per heavy atom. The van der Waals surface area contributed by atoms with Crippen LogP contribution in [0.5, 0.6) is 0 Å². The molecular weight excluding hydrogens is 118 g/mol. The minimum Gasteiger partial charge on any atom is -0.394 e. The predicted octanol–water partition coefficient (Wildman–Crippen LogP) is -0.984. The van der Waals surface area contributed by atoms with Crippen LogP contribution in [-0.2, 0) is 0 Å². The zero-order valence-electron chi connectivity index (χ0n) is 5.04. The number of rotatable bonds is 4. The number of nitrogens with one attached hydrogen (secondary N) is 2. The SMILES string of the molecule is N=CN/C=C\C(N)CO. The van der Waals surface area contributed by atoms with E-state index in [9.17, 15) is 0 Å². The molecule has 0 amide bonds. The summed E-state index contributed by atoms with van der Waals surface area (Å²) in [6, 6.07) is -0.336. The Morgan fingerprint density at radius 1 is 1.78 bits per heavy atom. The van der Waals surface area contributed by atoms with Crippen LogP contribution < -0.4 is 11.1 Å². The van der Waals surface area contributed by atoms with Crippen molar-refractivity contribution in [1.29, 1.82) is 5.41 Å². The van der Waals surface area contributed by atoms with Gasteiger partial charge >= 0.3 is 0 Å². The molecule has 0 fully saturated rings. The molecule has 0 aromatic heterocycles. The lowest BCUT2D eigenvalue weighted by atomic mass is 10.3. The highest BCUT2D eigenvalue weighted by Gasteiger charge is 1.88. The van der Waals surface area contributed by atoms with E-state index in [-0.39, 0.29) is 12.6 Å². The third kappa shape index (κ3) is 4.99. The van der Waals surface area contributed by atoms with Gasteiger partial charge in [0.05, 0.1) is 12.9 Å². The molecule has 0 aliphatic carbocycles. The molecule has 5 N–H and O–H groups in total. The van der Waals surface area contributed by atoms with Crippen LogP contribution >= 0.6 is 0 Å². The van der Waals surface area contributed by atoms with E-state index >= 15 is 0 Å². The van der Waals surface area contributed by atoms with Crippen LogP contribution in [0.15, 0.2) is 12.3 Å². The maximum atomic E-state index is 8.37. The summed E-state index contributed by atoms with van der Waals surface area (Å²) in [6.07, 6.45) is 4.11. The largest absolute Gasteiger partial charge is 0.394 e. The van der Waals surface area contributed by atoms with Crippen LogP contribution in [-0.4, -0.2) is 24.1 Å². The normalized spacial score (nSPS) is 13.6. The second-order valence-electron chi connectivity index (χ2n) is 1.52. The highest BCUT2D eigenvalue weighted by Crippen LogP contribution is 1.75. The topological polar surface area (TPSA) is 82.1 Å². The Bertz CT molecular complexity index is 102. The molecule has 1 atom stereocenters. The molecule has 0 spiro atoms. The molecule has 52 valence electrons. The Morgan fingerprint density at radius 3 is 2.89 bits per heavy atom. The van der Waals surface area contributed by atoms with E-state index in [0.717, 1.165) is 6.34 Å². The van der Waals surface area contributed by atoms with Crippen molar-refractivity contribution in [2.24, 2.45) is 5.73 Å². The Hall–Kier alpha value is -0.870. The number of nitrogens with two attached hydrogens (primary N) is 1. The first-order valence-electron chi connectivity index (χ1n) is 2.59. The van der Waals surface area contributed by atoms with Crippen molar-refractivity contribution < 1.29 is 5.11 Å². The van der Waals surface area contributed by atoms with Gasteiger partial charge in [0.25, 0.3) is 0 Å². The van der Waals surface area contributed by atoms with Crippen molar-refractivity contribution in [3.8, 4) is 0 Å². The van der Waals surface area contributed by atoms with Crippen molar-refractivity contribution in [2.75, 3.05) is 6.61 Å². The smallest absolute Gasteiger partial charge is 0.0830 e. The number of hydrogen-bond donors (Lipinski definition) is 4. The Kier molecular flexibility index (Phi) is 4.76. The van der Waals surface area contributed by atoms with Gasteiger partial charge in [-0.05, 0) is 12.3 Å². The number of aliphatic hydroxyl groups excluding tert-OH is 1. The van der Waals surface area contributed by atoms with Gasteiger partial charge in [0.2, 0.25) is 0 Å². The van der Waals surface area contributed by atoms with E-state index in [1.54, 1.807) is 6.08 Å². The lowest BCUT2D eigenvalue weighted by Gasteiger charge is -1.97. The van der Waals surface area contributed by atoms with E-state index < -0.39 is 0 Å². The highest BCUT2D eigenvalue weighted by atomic mass is 16.3. The average molecular weight is 129 g/mol. The molecule has 0 aromatic rings. The van der Waals surface area contributed by atoms with Crippen LogP contribution in [0.3, 0.4) is 0 Å². The fraction of sp³-hybridized carbons (Fsp3) is 0.400. The van der Waals surface area contributed by atoms with Crippen molar-refractivity contribution in [1.82, 2.24) is 5.32 Å². The Labute approximate surface area is 53.9 Å². The quantitative estimate of drug-likeness (QED) is 0.291. The summed E-state index contributed by atoms with van der Waals surface area (Å²) in [7, 11) is 0. The second-order valence-corrected chi connectivity index (χ2v) is 1.52. The zero-order chi connectivity index (χ0) is 7.11. The summed E-state index contributed by atoms with van der Waals surface area (Å²) in [4.78, 5) is 0. The average Bonchev–Trinajstić information content (AvgIpc) is 1.89. The molecule has 4 heteroatoms. The molecule has 0 heterocycles. The summed E-state index contributed by atoms with van der Waals surface area (Å²) in [6.45, 7) is -0.0732. The first-order valence-corrected chi connectivity index (χ1v) is 2.59. The summed E-state index contributed by atoms with van der Waals surface area (Å²) < 4.78 is 0. The van der Waals surface area contributed by atoms with Gasteiger partial charge in [0, 0.05) is 6.04 Å². The molecular formula is C5H11N3O. The molecule has 9 heavy (non-hydrogen) atoms. The van der Waals surface area contributed by atoms with Crippen molar-refractivity contribution >= 4 is 6.34 Å². The lowest BCUT2D eigenvalue weighted by molar-refractivity contribution is 0.284. The zero-order valence-corrected chi connectivity index (χ0v) is 5.04. The van der Waals surface area contributed by atoms with Crippen molar-refractivity contribution in [3.05, 3.63) is 12.3 Å². The molecule has 0 aromatic carbocycles. The van der Waals surface area contributed by atoms with Crippen molar-refractivity contribution in [2.45, 2.75) is 6.04 Å². The minimum atomic E-state index is -0.336. The first-order chi connectivity index (χ1) is 4.31. The summed E-state index contributed by atoms with van der Waals surface area (Å²) >= 11 is 0. The van der Waals surface area contributed by atoms with E-state index in [4.69, 9.17) is 16.2 Å². The second kappa shape index (κ2) is 5.27. The van der Waals surface area contributed by atoms with Gasteiger partial charge in [0.15, 0.2) is 0 Å². The van der Waals surface area contributed by atoms with Gasteiger partial charge < -0.3 is 16.2 Å². The fourth-order valence-corrected chi connectivity index (χ4v) is 0.288. The Balaban J connectivity index is 3.31. The van der Waals surface area contributed by atoms with Crippen LogP contribution in [0, 0.1) is 5.41 Å². The molecule has 0 saturated heterocycles. The van der Waals surface area contributed by atoms with E-state index in [1.807, 2.05) is 0 Å². The lowest BCUT2D eigenvalue weighted by Crippen LogP contribution is -2.21.